The molecule has 0 saturated carbocycles. The molecule has 26 heavy (non-hydrogen) atoms. The van der Waals surface area contributed by atoms with Crippen LogP contribution < -0.4 is 5.32 Å². The predicted octanol–water partition coefficient (Wildman–Crippen LogP) is 3.41. The highest BCUT2D eigenvalue weighted by molar-refractivity contribution is 7.20. The van der Waals surface area contributed by atoms with Crippen LogP contribution in [-0.4, -0.2) is 52.0 Å². The molecule has 3 heterocycles. The zero-order chi connectivity index (χ0) is 18.1. The van der Waals surface area contributed by atoms with E-state index in [1.807, 2.05) is 35.0 Å². The van der Waals surface area contributed by atoms with Crippen LogP contribution in [0.3, 0.4) is 0 Å². The van der Waals surface area contributed by atoms with Crippen LogP contribution in [0.2, 0.25) is 0 Å². The van der Waals surface area contributed by atoms with E-state index in [0.717, 1.165) is 27.9 Å². The molecular weight excluding hydrogens is 346 g/mol. The SMILES string of the molecule is CC(=O)c1cccc(-c2cn3nc(NCC4CCN(C)CC4)sc3n2)c1. The molecule has 1 aliphatic rings. The lowest BCUT2D eigenvalue weighted by molar-refractivity contribution is 0.101. The molecule has 7 heteroatoms. The van der Waals surface area contributed by atoms with Crippen molar-refractivity contribution in [1.29, 1.82) is 0 Å². The number of likely N-dealkylation sites (tertiary alicyclic amines) is 1. The van der Waals surface area contributed by atoms with Crippen LogP contribution in [-0.2, 0) is 0 Å². The van der Waals surface area contributed by atoms with Crippen molar-refractivity contribution >= 4 is 27.2 Å². The second kappa shape index (κ2) is 7.17. The lowest BCUT2D eigenvalue weighted by Gasteiger charge is -2.28. The van der Waals surface area contributed by atoms with Gasteiger partial charge in [-0.2, -0.15) is 0 Å². The molecule has 0 amide bonds. The van der Waals surface area contributed by atoms with Crippen LogP contribution in [0.15, 0.2) is 30.5 Å². The summed E-state index contributed by atoms with van der Waals surface area (Å²) in [6.45, 7) is 4.90. The fourth-order valence-corrected chi connectivity index (χ4v) is 4.09. The monoisotopic (exact) mass is 369 g/mol. The van der Waals surface area contributed by atoms with E-state index in [0.29, 0.717) is 11.5 Å². The van der Waals surface area contributed by atoms with E-state index in [1.165, 1.54) is 25.9 Å². The van der Waals surface area contributed by atoms with Gasteiger partial charge in [-0.25, -0.2) is 9.50 Å². The topological polar surface area (TPSA) is 62.5 Å². The summed E-state index contributed by atoms with van der Waals surface area (Å²) in [6.07, 6.45) is 4.40. The first kappa shape index (κ1) is 17.2. The lowest BCUT2D eigenvalue weighted by atomic mass is 9.97. The molecule has 1 fully saturated rings. The van der Waals surface area contributed by atoms with Gasteiger partial charge in [0.1, 0.15) is 0 Å². The van der Waals surface area contributed by atoms with Gasteiger partial charge in [0.15, 0.2) is 5.78 Å². The van der Waals surface area contributed by atoms with Crippen LogP contribution in [0.4, 0.5) is 5.13 Å². The fourth-order valence-electron chi connectivity index (χ4n) is 3.31. The third kappa shape index (κ3) is 3.64. The van der Waals surface area contributed by atoms with Crippen molar-refractivity contribution in [2.45, 2.75) is 19.8 Å². The number of anilines is 1. The van der Waals surface area contributed by atoms with Crippen LogP contribution >= 0.6 is 11.3 Å². The van der Waals surface area contributed by atoms with Crippen molar-refractivity contribution in [3.05, 3.63) is 36.0 Å². The Bertz CT molecular complexity index is 892. The fraction of sp³-hybridized carbons (Fsp3) is 0.421. The number of fused-ring (bicyclic) bond motifs is 1. The van der Waals surface area contributed by atoms with Crippen molar-refractivity contribution < 1.29 is 4.79 Å². The Morgan fingerprint density at radius 3 is 2.88 bits per heavy atom. The molecule has 2 aromatic heterocycles. The number of nitrogens with one attached hydrogen (secondary N) is 1. The number of carbonyl (C=O) groups excluding carboxylic acids is 1. The summed E-state index contributed by atoms with van der Waals surface area (Å²) in [5.41, 5.74) is 2.48. The molecule has 0 atom stereocenters. The summed E-state index contributed by atoms with van der Waals surface area (Å²) in [5, 5.41) is 8.98. The van der Waals surface area contributed by atoms with Crippen LogP contribution in [0, 0.1) is 5.92 Å². The standard InChI is InChI=1S/C19H23N5OS/c1-13(25)15-4-3-5-16(10-15)17-12-24-19(21-17)26-18(22-24)20-11-14-6-8-23(2)9-7-14/h3-5,10,12,14H,6-9,11H2,1-2H3,(H,20,22). The number of ketones is 1. The van der Waals surface area contributed by atoms with Gasteiger partial charge in [-0.15, -0.1) is 5.10 Å². The van der Waals surface area contributed by atoms with Gasteiger partial charge in [0, 0.05) is 17.7 Å². The molecule has 4 rings (SSSR count). The lowest BCUT2D eigenvalue weighted by Crippen LogP contribution is -2.32. The van der Waals surface area contributed by atoms with Crippen molar-refractivity contribution in [2.75, 3.05) is 32.0 Å². The average Bonchev–Trinajstić information content (AvgIpc) is 3.20. The second-order valence-corrected chi connectivity index (χ2v) is 7.98. The van der Waals surface area contributed by atoms with Gasteiger partial charge < -0.3 is 10.2 Å². The molecule has 1 saturated heterocycles. The average molecular weight is 369 g/mol. The first-order valence-corrected chi connectivity index (χ1v) is 9.80. The van der Waals surface area contributed by atoms with Gasteiger partial charge in [0.05, 0.1) is 11.9 Å². The smallest absolute Gasteiger partial charge is 0.214 e. The number of benzene rings is 1. The highest BCUT2D eigenvalue weighted by Gasteiger charge is 2.17. The summed E-state index contributed by atoms with van der Waals surface area (Å²) >= 11 is 1.56. The first-order chi connectivity index (χ1) is 12.6. The second-order valence-electron chi connectivity index (χ2n) is 7.03. The maximum Gasteiger partial charge on any atom is 0.214 e. The third-order valence-corrected chi connectivity index (χ3v) is 5.87. The van der Waals surface area contributed by atoms with E-state index < -0.39 is 0 Å². The minimum absolute atomic E-state index is 0.0615. The van der Waals surface area contributed by atoms with Crippen molar-refractivity contribution in [1.82, 2.24) is 19.5 Å². The molecule has 0 unspecified atom stereocenters. The highest BCUT2D eigenvalue weighted by Crippen LogP contribution is 2.26. The zero-order valence-corrected chi connectivity index (χ0v) is 15.9. The predicted molar refractivity (Wildman–Crippen MR) is 105 cm³/mol. The van der Waals surface area contributed by atoms with E-state index in [2.05, 4.69) is 27.3 Å². The minimum atomic E-state index is 0.0615. The maximum absolute atomic E-state index is 11.6. The molecule has 136 valence electrons. The Kier molecular flexibility index (Phi) is 4.74. The number of piperidine rings is 1. The number of imidazole rings is 1. The Balaban J connectivity index is 1.45. The molecular formula is C19H23N5OS. The zero-order valence-electron chi connectivity index (χ0n) is 15.1. The number of nitrogens with zero attached hydrogens (tertiary/aromatic N) is 4. The quantitative estimate of drug-likeness (QED) is 0.698. The molecule has 0 spiro atoms. The number of hydrogen-bond donors (Lipinski definition) is 1. The van der Waals surface area contributed by atoms with Crippen molar-refractivity contribution in [2.24, 2.45) is 5.92 Å². The Hall–Kier alpha value is -2.25. The van der Waals surface area contributed by atoms with Gasteiger partial charge in [-0.3, -0.25) is 4.79 Å². The van der Waals surface area contributed by atoms with Crippen molar-refractivity contribution in [3.63, 3.8) is 0 Å². The van der Waals surface area contributed by atoms with Crippen molar-refractivity contribution in [3.8, 4) is 11.3 Å². The van der Waals surface area contributed by atoms with E-state index in [4.69, 9.17) is 0 Å². The van der Waals surface area contributed by atoms with E-state index in [-0.39, 0.29) is 5.78 Å². The summed E-state index contributed by atoms with van der Waals surface area (Å²) in [5.74, 6) is 0.777. The van der Waals surface area contributed by atoms with E-state index in [1.54, 1.807) is 18.3 Å². The number of Topliss-reactive ketones (excluding diaryl/α,β-unsaturated/α-hetero) is 1. The molecule has 3 aromatic rings. The highest BCUT2D eigenvalue weighted by atomic mass is 32.1. The summed E-state index contributed by atoms with van der Waals surface area (Å²) in [7, 11) is 2.18. The summed E-state index contributed by atoms with van der Waals surface area (Å²) in [4.78, 5) is 19.5. The Morgan fingerprint density at radius 1 is 1.35 bits per heavy atom. The molecule has 0 bridgehead atoms. The number of rotatable bonds is 5. The Labute approximate surface area is 156 Å². The van der Waals surface area contributed by atoms with Crippen LogP contribution in [0.1, 0.15) is 30.1 Å². The number of aromatic nitrogens is 3. The first-order valence-electron chi connectivity index (χ1n) is 8.98. The molecule has 0 radical (unpaired) electrons. The Morgan fingerprint density at radius 2 is 2.15 bits per heavy atom. The van der Waals surface area contributed by atoms with Gasteiger partial charge in [-0.1, -0.05) is 29.5 Å². The minimum Gasteiger partial charge on any atom is -0.360 e. The van der Waals surface area contributed by atoms with Gasteiger partial charge in [-0.05, 0) is 51.9 Å². The largest absolute Gasteiger partial charge is 0.360 e. The molecule has 1 aromatic carbocycles. The molecule has 6 nitrogen and oxygen atoms in total. The van der Waals surface area contributed by atoms with Gasteiger partial charge >= 0.3 is 0 Å². The van der Waals surface area contributed by atoms with Gasteiger partial charge in [0.25, 0.3) is 0 Å². The van der Waals surface area contributed by atoms with E-state index >= 15 is 0 Å². The normalized spacial score (nSPS) is 16.2. The van der Waals surface area contributed by atoms with Crippen LogP contribution in [0.25, 0.3) is 16.2 Å². The van der Waals surface area contributed by atoms with Crippen LogP contribution in [0.5, 0.6) is 0 Å². The molecule has 1 N–H and O–H groups in total. The summed E-state index contributed by atoms with van der Waals surface area (Å²) < 4.78 is 1.82. The number of hydrogen-bond acceptors (Lipinski definition) is 6. The molecule has 0 aliphatic carbocycles. The number of carbonyl (C=O) groups is 1. The summed E-state index contributed by atoms with van der Waals surface area (Å²) in [6, 6.07) is 7.57. The van der Waals surface area contributed by atoms with Gasteiger partial charge in [0.2, 0.25) is 10.1 Å². The van der Waals surface area contributed by atoms with E-state index in [9.17, 15) is 4.79 Å². The molecule has 1 aliphatic heterocycles. The third-order valence-electron chi connectivity index (χ3n) is 4.99. The maximum atomic E-state index is 11.6.